The molecule has 2 aromatic heterocycles. The molecule has 15 heavy (non-hydrogen) atoms. The Bertz CT molecular complexity index is 469. The molecule has 78 valence electrons. The van der Waals surface area contributed by atoms with Gasteiger partial charge < -0.3 is 5.73 Å². The third-order valence-electron chi connectivity index (χ3n) is 2.04. The minimum Gasteiger partial charge on any atom is -0.319 e. The van der Waals surface area contributed by atoms with Crippen molar-refractivity contribution in [3.05, 3.63) is 45.9 Å². The average Bonchev–Trinajstić information content (AvgIpc) is 2.64. The molecule has 2 aromatic rings. The van der Waals surface area contributed by atoms with Crippen LogP contribution in [0.5, 0.6) is 0 Å². The fraction of sp³-hybridized carbons (Fsp3) is 0.200. The quantitative estimate of drug-likeness (QED) is 0.847. The van der Waals surface area contributed by atoms with Crippen LogP contribution in [0.2, 0.25) is 0 Å². The summed E-state index contributed by atoms with van der Waals surface area (Å²) in [5, 5.41) is 2.83. The molecule has 2 heterocycles. The SMILES string of the molecule is Cc1nc(C(N)c2cncc(F)c2)cs1. The second-order valence-corrected chi connectivity index (χ2v) is 4.27. The average molecular weight is 223 g/mol. The minimum atomic E-state index is -0.404. The van der Waals surface area contributed by atoms with E-state index in [0.717, 1.165) is 16.9 Å². The molecule has 0 spiro atoms. The van der Waals surface area contributed by atoms with Gasteiger partial charge in [-0.25, -0.2) is 9.37 Å². The normalized spacial score (nSPS) is 12.7. The van der Waals surface area contributed by atoms with Crippen LogP contribution in [0.1, 0.15) is 22.3 Å². The van der Waals surface area contributed by atoms with E-state index in [1.54, 1.807) is 6.20 Å². The van der Waals surface area contributed by atoms with E-state index in [0.29, 0.717) is 5.56 Å². The molecule has 5 heteroatoms. The van der Waals surface area contributed by atoms with Gasteiger partial charge in [0.05, 0.1) is 22.9 Å². The number of halogens is 1. The fourth-order valence-electron chi connectivity index (χ4n) is 1.29. The van der Waals surface area contributed by atoms with Crippen LogP contribution >= 0.6 is 11.3 Å². The van der Waals surface area contributed by atoms with E-state index in [2.05, 4.69) is 9.97 Å². The highest BCUT2D eigenvalue weighted by Gasteiger charge is 2.12. The number of aromatic nitrogens is 2. The molecule has 0 saturated heterocycles. The molecule has 0 aliphatic rings. The van der Waals surface area contributed by atoms with Crippen LogP contribution in [0.25, 0.3) is 0 Å². The van der Waals surface area contributed by atoms with Crippen LogP contribution in [-0.4, -0.2) is 9.97 Å². The Morgan fingerprint density at radius 3 is 2.87 bits per heavy atom. The molecule has 0 bridgehead atoms. The van der Waals surface area contributed by atoms with Crippen molar-refractivity contribution in [1.82, 2.24) is 9.97 Å². The maximum absolute atomic E-state index is 12.9. The minimum absolute atomic E-state index is 0.380. The van der Waals surface area contributed by atoms with E-state index < -0.39 is 6.04 Å². The number of nitrogens with two attached hydrogens (primary N) is 1. The number of rotatable bonds is 2. The molecule has 2 N–H and O–H groups in total. The Hall–Kier alpha value is -1.33. The Morgan fingerprint density at radius 2 is 2.27 bits per heavy atom. The third kappa shape index (κ3) is 2.19. The van der Waals surface area contributed by atoms with Gasteiger partial charge in [-0.1, -0.05) is 0 Å². The van der Waals surface area contributed by atoms with Gasteiger partial charge in [0, 0.05) is 11.6 Å². The maximum Gasteiger partial charge on any atom is 0.141 e. The molecule has 0 fully saturated rings. The molecule has 2 rings (SSSR count). The fourth-order valence-corrected chi connectivity index (χ4v) is 1.94. The zero-order valence-corrected chi connectivity index (χ0v) is 8.96. The van der Waals surface area contributed by atoms with Gasteiger partial charge in [-0.05, 0) is 18.6 Å². The molecule has 1 unspecified atom stereocenters. The van der Waals surface area contributed by atoms with Gasteiger partial charge in [0.15, 0.2) is 0 Å². The van der Waals surface area contributed by atoms with Crippen LogP contribution in [-0.2, 0) is 0 Å². The first-order valence-electron chi connectivity index (χ1n) is 4.45. The Morgan fingerprint density at radius 1 is 1.47 bits per heavy atom. The van der Waals surface area contributed by atoms with Crippen molar-refractivity contribution in [2.45, 2.75) is 13.0 Å². The van der Waals surface area contributed by atoms with Crippen LogP contribution in [0, 0.1) is 12.7 Å². The van der Waals surface area contributed by atoms with E-state index in [4.69, 9.17) is 5.73 Å². The Kier molecular flexibility index (Phi) is 2.75. The van der Waals surface area contributed by atoms with Gasteiger partial charge in [-0.3, -0.25) is 4.98 Å². The van der Waals surface area contributed by atoms with Gasteiger partial charge in [0.2, 0.25) is 0 Å². The lowest BCUT2D eigenvalue weighted by molar-refractivity contribution is 0.616. The van der Waals surface area contributed by atoms with Gasteiger partial charge in [0.1, 0.15) is 5.82 Å². The molecule has 0 radical (unpaired) electrons. The Labute approximate surface area is 90.8 Å². The monoisotopic (exact) mass is 223 g/mol. The first kappa shape index (κ1) is 10.2. The van der Waals surface area contributed by atoms with Gasteiger partial charge >= 0.3 is 0 Å². The van der Waals surface area contributed by atoms with Crippen molar-refractivity contribution in [3.8, 4) is 0 Å². The van der Waals surface area contributed by atoms with Gasteiger partial charge in [0.25, 0.3) is 0 Å². The first-order valence-corrected chi connectivity index (χ1v) is 5.33. The van der Waals surface area contributed by atoms with E-state index in [9.17, 15) is 4.39 Å². The van der Waals surface area contributed by atoms with Crippen molar-refractivity contribution in [2.75, 3.05) is 0 Å². The van der Waals surface area contributed by atoms with Crippen molar-refractivity contribution >= 4 is 11.3 Å². The summed E-state index contributed by atoms with van der Waals surface area (Å²) in [6.45, 7) is 1.91. The summed E-state index contributed by atoms with van der Waals surface area (Å²) in [7, 11) is 0. The topological polar surface area (TPSA) is 51.8 Å². The summed E-state index contributed by atoms with van der Waals surface area (Å²) < 4.78 is 12.9. The lowest BCUT2D eigenvalue weighted by Gasteiger charge is -2.08. The highest BCUT2D eigenvalue weighted by atomic mass is 32.1. The summed E-state index contributed by atoms with van der Waals surface area (Å²) >= 11 is 1.53. The lowest BCUT2D eigenvalue weighted by atomic mass is 10.1. The van der Waals surface area contributed by atoms with E-state index >= 15 is 0 Å². The number of nitrogens with zero attached hydrogens (tertiary/aromatic N) is 2. The van der Waals surface area contributed by atoms with Gasteiger partial charge in [-0.15, -0.1) is 11.3 Å². The van der Waals surface area contributed by atoms with Crippen molar-refractivity contribution in [1.29, 1.82) is 0 Å². The molecule has 0 amide bonds. The second-order valence-electron chi connectivity index (χ2n) is 3.21. The number of hydrogen-bond acceptors (Lipinski definition) is 4. The summed E-state index contributed by atoms with van der Waals surface area (Å²) in [5.74, 6) is -0.380. The maximum atomic E-state index is 12.9. The van der Waals surface area contributed by atoms with Crippen LogP contribution in [0.15, 0.2) is 23.8 Å². The van der Waals surface area contributed by atoms with Crippen molar-refractivity contribution in [2.24, 2.45) is 5.73 Å². The van der Waals surface area contributed by atoms with E-state index in [1.807, 2.05) is 12.3 Å². The largest absolute Gasteiger partial charge is 0.319 e. The molecular weight excluding hydrogens is 213 g/mol. The molecule has 0 aliphatic carbocycles. The smallest absolute Gasteiger partial charge is 0.141 e. The van der Waals surface area contributed by atoms with Crippen molar-refractivity contribution in [3.63, 3.8) is 0 Å². The summed E-state index contributed by atoms with van der Waals surface area (Å²) in [4.78, 5) is 8.02. The molecule has 0 saturated carbocycles. The predicted octanol–water partition coefficient (Wildman–Crippen LogP) is 2.03. The van der Waals surface area contributed by atoms with Crippen LogP contribution in [0.4, 0.5) is 4.39 Å². The number of aryl methyl sites for hydroxylation is 1. The number of hydrogen-bond donors (Lipinski definition) is 1. The molecular formula is C10H10FN3S. The summed E-state index contributed by atoms with van der Waals surface area (Å²) in [5.41, 5.74) is 7.33. The lowest BCUT2D eigenvalue weighted by Crippen LogP contribution is -2.12. The Balaban J connectivity index is 2.32. The highest BCUT2D eigenvalue weighted by Crippen LogP contribution is 2.20. The second kappa shape index (κ2) is 4.04. The standard InChI is InChI=1S/C10H10FN3S/c1-6-14-9(5-15-6)10(12)7-2-8(11)4-13-3-7/h2-5,10H,12H2,1H3. The first-order chi connectivity index (χ1) is 7.16. The predicted molar refractivity (Wildman–Crippen MR) is 57.1 cm³/mol. The summed E-state index contributed by atoms with van der Waals surface area (Å²) in [6.07, 6.45) is 2.71. The molecule has 0 aliphatic heterocycles. The summed E-state index contributed by atoms with van der Waals surface area (Å²) in [6, 6.07) is 0.977. The molecule has 3 nitrogen and oxygen atoms in total. The molecule has 0 aromatic carbocycles. The number of thiazole rings is 1. The number of pyridine rings is 1. The third-order valence-corrected chi connectivity index (χ3v) is 2.83. The highest BCUT2D eigenvalue weighted by molar-refractivity contribution is 7.09. The molecule has 1 atom stereocenters. The van der Waals surface area contributed by atoms with Gasteiger partial charge in [-0.2, -0.15) is 0 Å². The zero-order chi connectivity index (χ0) is 10.8. The van der Waals surface area contributed by atoms with E-state index in [-0.39, 0.29) is 5.82 Å². The van der Waals surface area contributed by atoms with Crippen LogP contribution < -0.4 is 5.73 Å². The van der Waals surface area contributed by atoms with E-state index in [1.165, 1.54) is 17.4 Å². The van der Waals surface area contributed by atoms with Crippen LogP contribution in [0.3, 0.4) is 0 Å². The zero-order valence-electron chi connectivity index (χ0n) is 8.14. The van der Waals surface area contributed by atoms with Crippen molar-refractivity contribution < 1.29 is 4.39 Å².